The predicted molar refractivity (Wildman–Crippen MR) is 75.6 cm³/mol. The molecule has 3 nitrogen and oxygen atoms in total. The van der Waals surface area contributed by atoms with Gasteiger partial charge in [-0.2, -0.15) is 0 Å². The lowest BCUT2D eigenvalue weighted by Gasteiger charge is -2.09. The van der Waals surface area contributed by atoms with Crippen molar-refractivity contribution in [1.82, 2.24) is 0 Å². The van der Waals surface area contributed by atoms with E-state index in [0.717, 1.165) is 14.9 Å². The van der Waals surface area contributed by atoms with Gasteiger partial charge in [0, 0.05) is 11.1 Å². The number of benzene rings is 1. The predicted octanol–water partition coefficient (Wildman–Crippen LogP) is 3.00. The third-order valence-corrected chi connectivity index (χ3v) is 5.29. The first kappa shape index (κ1) is 13.7. The van der Waals surface area contributed by atoms with Crippen LogP contribution in [-0.4, -0.2) is 19.8 Å². The topological polar surface area (TPSA) is 54.4 Å². The number of aliphatic hydroxyl groups is 1. The summed E-state index contributed by atoms with van der Waals surface area (Å²) >= 11 is 4.79. The average molecular weight is 347 g/mol. The molecule has 0 saturated heterocycles. The smallest absolute Gasteiger partial charge is 0.175 e. The fourth-order valence-electron chi connectivity index (χ4n) is 1.54. The number of hydrogen-bond donors (Lipinski definition) is 1. The monoisotopic (exact) mass is 346 g/mol. The summed E-state index contributed by atoms with van der Waals surface area (Å²) in [4.78, 5) is 1.07. The van der Waals surface area contributed by atoms with Gasteiger partial charge in [-0.25, -0.2) is 8.42 Å². The number of hydrogen-bond acceptors (Lipinski definition) is 4. The van der Waals surface area contributed by atoms with Crippen molar-refractivity contribution >= 4 is 37.1 Å². The lowest BCUT2D eigenvalue weighted by atomic mass is 10.1. The first-order valence-corrected chi connectivity index (χ1v) is 8.61. The SMILES string of the molecule is CS(=O)(=O)c1ccc(C(O)c2ccc(Br)s2)cc1. The van der Waals surface area contributed by atoms with Crippen molar-refractivity contribution in [1.29, 1.82) is 0 Å². The first-order chi connectivity index (χ1) is 8.38. The molecule has 0 aliphatic carbocycles. The van der Waals surface area contributed by atoms with E-state index in [9.17, 15) is 13.5 Å². The van der Waals surface area contributed by atoms with E-state index in [1.165, 1.54) is 23.5 Å². The van der Waals surface area contributed by atoms with Crippen LogP contribution in [0.4, 0.5) is 0 Å². The Labute approximate surface area is 118 Å². The van der Waals surface area contributed by atoms with E-state index in [1.54, 1.807) is 12.1 Å². The normalized spacial score (nSPS) is 13.5. The molecule has 1 heterocycles. The second-order valence-electron chi connectivity index (χ2n) is 3.89. The van der Waals surface area contributed by atoms with Crippen molar-refractivity contribution in [2.75, 3.05) is 6.26 Å². The molecule has 0 fully saturated rings. The van der Waals surface area contributed by atoms with Gasteiger partial charge in [-0.05, 0) is 45.8 Å². The molecule has 1 atom stereocenters. The van der Waals surface area contributed by atoms with Crippen molar-refractivity contribution in [3.63, 3.8) is 0 Å². The quantitative estimate of drug-likeness (QED) is 0.929. The molecule has 0 radical (unpaired) electrons. The maximum absolute atomic E-state index is 11.3. The Hall–Kier alpha value is -0.690. The molecule has 0 aliphatic heterocycles. The van der Waals surface area contributed by atoms with E-state index < -0.39 is 15.9 Å². The molecule has 0 bridgehead atoms. The van der Waals surface area contributed by atoms with Gasteiger partial charge in [0.2, 0.25) is 0 Å². The molecule has 1 aromatic heterocycles. The maximum atomic E-state index is 11.3. The van der Waals surface area contributed by atoms with Crippen molar-refractivity contribution < 1.29 is 13.5 Å². The Morgan fingerprint density at radius 1 is 1.17 bits per heavy atom. The lowest BCUT2D eigenvalue weighted by Crippen LogP contribution is -2.00. The van der Waals surface area contributed by atoms with Crippen LogP contribution in [-0.2, 0) is 9.84 Å². The highest BCUT2D eigenvalue weighted by Crippen LogP contribution is 2.31. The third-order valence-electron chi connectivity index (χ3n) is 2.49. The van der Waals surface area contributed by atoms with Crippen LogP contribution in [0, 0.1) is 0 Å². The highest BCUT2D eigenvalue weighted by Gasteiger charge is 2.14. The molecule has 1 N–H and O–H groups in total. The van der Waals surface area contributed by atoms with Crippen LogP contribution < -0.4 is 0 Å². The number of thiophene rings is 1. The minimum absolute atomic E-state index is 0.255. The van der Waals surface area contributed by atoms with Crippen LogP contribution in [0.15, 0.2) is 45.1 Å². The van der Waals surface area contributed by atoms with Gasteiger partial charge in [0.05, 0.1) is 8.68 Å². The maximum Gasteiger partial charge on any atom is 0.175 e. The van der Waals surface area contributed by atoms with Crippen molar-refractivity contribution in [3.8, 4) is 0 Å². The zero-order valence-electron chi connectivity index (χ0n) is 9.50. The number of sulfone groups is 1. The van der Waals surface area contributed by atoms with Gasteiger partial charge in [0.25, 0.3) is 0 Å². The number of aliphatic hydroxyl groups excluding tert-OH is 1. The Morgan fingerprint density at radius 2 is 1.78 bits per heavy atom. The van der Waals surface area contributed by atoms with E-state index in [4.69, 9.17) is 0 Å². The molecule has 2 rings (SSSR count). The summed E-state index contributed by atoms with van der Waals surface area (Å²) in [5.41, 5.74) is 0.678. The van der Waals surface area contributed by atoms with E-state index in [0.29, 0.717) is 5.56 Å². The summed E-state index contributed by atoms with van der Waals surface area (Å²) in [6, 6.07) is 9.99. The summed E-state index contributed by atoms with van der Waals surface area (Å²) in [7, 11) is -3.19. The zero-order valence-corrected chi connectivity index (χ0v) is 12.7. The minimum atomic E-state index is -3.19. The van der Waals surface area contributed by atoms with Gasteiger partial charge < -0.3 is 5.11 Å². The molecule has 2 aromatic rings. The van der Waals surface area contributed by atoms with Crippen LogP contribution in [0.5, 0.6) is 0 Å². The van der Waals surface area contributed by atoms with Crippen LogP contribution in [0.25, 0.3) is 0 Å². The Balaban J connectivity index is 2.30. The molecule has 6 heteroatoms. The fraction of sp³-hybridized carbons (Fsp3) is 0.167. The number of halogens is 1. The number of rotatable bonds is 3. The molecule has 0 aliphatic rings. The van der Waals surface area contributed by atoms with Crippen LogP contribution in [0.3, 0.4) is 0 Å². The van der Waals surface area contributed by atoms with Gasteiger partial charge in [-0.1, -0.05) is 12.1 Å². The van der Waals surface area contributed by atoms with Crippen LogP contribution >= 0.6 is 27.3 Å². The summed E-state index contributed by atoms with van der Waals surface area (Å²) < 4.78 is 23.6. The fourth-order valence-corrected chi connectivity index (χ4v) is 3.61. The zero-order chi connectivity index (χ0) is 13.3. The molecular weight excluding hydrogens is 336 g/mol. The molecule has 18 heavy (non-hydrogen) atoms. The van der Waals surface area contributed by atoms with Crippen molar-refractivity contribution in [3.05, 3.63) is 50.6 Å². The van der Waals surface area contributed by atoms with Crippen molar-refractivity contribution in [2.45, 2.75) is 11.0 Å². The highest BCUT2D eigenvalue weighted by atomic mass is 79.9. The van der Waals surface area contributed by atoms with Gasteiger partial charge >= 0.3 is 0 Å². The minimum Gasteiger partial charge on any atom is -0.383 e. The van der Waals surface area contributed by atoms with Gasteiger partial charge in [-0.3, -0.25) is 0 Å². The molecular formula is C12H11BrO3S2. The standard InChI is InChI=1S/C12H11BrO3S2/c1-18(15,16)9-4-2-8(3-5-9)12(14)10-6-7-11(13)17-10/h2-7,12,14H,1H3. The van der Waals surface area contributed by atoms with Crippen molar-refractivity contribution in [2.24, 2.45) is 0 Å². The Bertz CT molecular complexity index is 644. The summed E-state index contributed by atoms with van der Waals surface area (Å²) in [6.45, 7) is 0. The van der Waals surface area contributed by atoms with Crippen LogP contribution in [0.2, 0.25) is 0 Å². The van der Waals surface area contributed by atoms with Gasteiger partial charge in [0.1, 0.15) is 6.10 Å². The van der Waals surface area contributed by atoms with Crippen LogP contribution in [0.1, 0.15) is 16.5 Å². The third kappa shape index (κ3) is 3.00. The van der Waals surface area contributed by atoms with E-state index >= 15 is 0 Å². The molecule has 1 unspecified atom stereocenters. The lowest BCUT2D eigenvalue weighted by molar-refractivity contribution is 0.224. The Kier molecular flexibility index (Phi) is 3.91. The Morgan fingerprint density at radius 3 is 2.22 bits per heavy atom. The first-order valence-electron chi connectivity index (χ1n) is 5.11. The molecule has 96 valence electrons. The van der Waals surface area contributed by atoms with Gasteiger partial charge in [0.15, 0.2) is 9.84 Å². The van der Waals surface area contributed by atoms with E-state index in [2.05, 4.69) is 15.9 Å². The van der Waals surface area contributed by atoms with Gasteiger partial charge in [-0.15, -0.1) is 11.3 Å². The van der Waals surface area contributed by atoms with E-state index in [1.807, 2.05) is 12.1 Å². The molecule has 1 aromatic carbocycles. The molecule has 0 saturated carbocycles. The largest absolute Gasteiger partial charge is 0.383 e. The summed E-state index contributed by atoms with van der Waals surface area (Å²) in [5.74, 6) is 0. The second kappa shape index (κ2) is 5.13. The molecule has 0 spiro atoms. The second-order valence-corrected chi connectivity index (χ2v) is 8.40. The molecule has 0 amide bonds. The summed E-state index contributed by atoms with van der Waals surface area (Å²) in [5, 5.41) is 10.1. The van der Waals surface area contributed by atoms with E-state index in [-0.39, 0.29) is 4.90 Å². The highest BCUT2D eigenvalue weighted by molar-refractivity contribution is 9.11. The average Bonchev–Trinajstić information content (AvgIpc) is 2.74. The summed E-state index contributed by atoms with van der Waals surface area (Å²) in [6.07, 6.45) is 0.435.